The van der Waals surface area contributed by atoms with Gasteiger partial charge < -0.3 is 16.0 Å². The minimum absolute atomic E-state index is 0.153. The van der Waals surface area contributed by atoms with Gasteiger partial charge in [-0.05, 0) is 20.8 Å². The van der Waals surface area contributed by atoms with Crippen LogP contribution in [-0.2, 0) is 0 Å². The first-order valence-electron chi connectivity index (χ1n) is 4.56. The Hall–Kier alpha value is -1.46. The largest absolute Gasteiger partial charge is 0.321 e. The third-order valence-electron chi connectivity index (χ3n) is 2.38. The molecule has 2 atom stereocenters. The van der Waals surface area contributed by atoms with E-state index in [1.807, 2.05) is 20.8 Å². The van der Waals surface area contributed by atoms with Crippen molar-refractivity contribution >= 4 is 12.1 Å². The number of carbonyl (C=O) groups excluding carboxylic acids is 2. The lowest BCUT2D eigenvalue weighted by atomic mass is 10.1. The van der Waals surface area contributed by atoms with E-state index in [-0.39, 0.29) is 29.9 Å². The molecule has 2 heterocycles. The van der Waals surface area contributed by atoms with Gasteiger partial charge in [-0.2, -0.15) is 0 Å². The quantitative estimate of drug-likeness (QED) is 0.503. The lowest BCUT2D eigenvalue weighted by Crippen LogP contribution is -2.52. The first-order chi connectivity index (χ1) is 6.39. The summed E-state index contributed by atoms with van der Waals surface area (Å²) < 4.78 is 0. The highest BCUT2D eigenvalue weighted by atomic mass is 16.2. The molecule has 6 heteroatoms. The zero-order valence-electron chi connectivity index (χ0n) is 8.42. The minimum Gasteiger partial charge on any atom is -0.314 e. The Kier molecular flexibility index (Phi) is 1.64. The van der Waals surface area contributed by atoms with E-state index >= 15 is 0 Å². The second kappa shape index (κ2) is 2.52. The van der Waals surface area contributed by atoms with Gasteiger partial charge in [0.2, 0.25) is 0 Å². The lowest BCUT2D eigenvalue weighted by molar-refractivity contribution is 0.130. The second-order valence-corrected chi connectivity index (χ2v) is 4.53. The maximum absolute atomic E-state index is 11.6. The van der Waals surface area contributed by atoms with Crippen LogP contribution in [0.3, 0.4) is 0 Å². The molecule has 6 nitrogen and oxygen atoms in total. The maximum atomic E-state index is 11.6. The molecule has 2 saturated heterocycles. The van der Waals surface area contributed by atoms with Crippen molar-refractivity contribution in [3.8, 4) is 0 Å². The second-order valence-electron chi connectivity index (χ2n) is 4.53. The van der Waals surface area contributed by atoms with Gasteiger partial charge in [-0.15, -0.1) is 0 Å². The van der Waals surface area contributed by atoms with Gasteiger partial charge in [-0.25, -0.2) is 9.59 Å². The smallest absolute Gasteiger partial charge is 0.314 e. The topological polar surface area (TPSA) is 73.5 Å². The molecule has 3 N–H and O–H groups in total. The third kappa shape index (κ3) is 1.18. The number of hydrogen-bond donors (Lipinski definition) is 3. The van der Waals surface area contributed by atoms with Gasteiger partial charge in [-0.1, -0.05) is 0 Å². The van der Waals surface area contributed by atoms with Crippen LogP contribution in [0.2, 0.25) is 0 Å². The SMILES string of the molecule is CC(C)(C)N1C(=O)NC2NC(=O)NC21. The highest BCUT2D eigenvalue weighted by molar-refractivity contribution is 5.85. The van der Waals surface area contributed by atoms with Crippen LogP contribution in [0.4, 0.5) is 9.59 Å². The summed E-state index contributed by atoms with van der Waals surface area (Å²) in [5.41, 5.74) is -0.303. The van der Waals surface area contributed by atoms with E-state index in [9.17, 15) is 9.59 Å². The average molecular weight is 198 g/mol. The number of rotatable bonds is 0. The predicted octanol–water partition coefficient (Wildman–Crippen LogP) is -0.225. The zero-order valence-corrected chi connectivity index (χ0v) is 8.42. The summed E-state index contributed by atoms with van der Waals surface area (Å²) in [6.45, 7) is 5.79. The van der Waals surface area contributed by atoms with Crippen LogP contribution in [-0.4, -0.2) is 34.8 Å². The van der Waals surface area contributed by atoms with Gasteiger partial charge >= 0.3 is 12.1 Å². The summed E-state index contributed by atoms with van der Waals surface area (Å²) in [5, 5.41) is 8.02. The van der Waals surface area contributed by atoms with Crippen LogP contribution in [0.15, 0.2) is 0 Å². The summed E-state index contributed by atoms with van der Waals surface area (Å²) in [6.07, 6.45) is -0.593. The Balaban J connectivity index is 2.25. The lowest BCUT2D eigenvalue weighted by Gasteiger charge is -2.34. The van der Waals surface area contributed by atoms with Gasteiger partial charge in [-0.3, -0.25) is 4.90 Å². The van der Waals surface area contributed by atoms with Crippen LogP contribution in [0, 0.1) is 0 Å². The van der Waals surface area contributed by atoms with E-state index < -0.39 is 0 Å². The molecule has 0 aromatic heterocycles. The van der Waals surface area contributed by atoms with Gasteiger partial charge in [0.15, 0.2) is 0 Å². The number of urea groups is 2. The van der Waals surface area contributed by atoms with E-state index in [1.54, 1.807) is 4.90 Å². The van der Waals surface area contributed by atoms with Crippen LogP contribution in [0.25, 0.3) is 0 Å². The Morgan fingerprint density at radius 1 is 1.14 bits per heavy atom. The monoisotopic (exact) mass is 198 g/mol. The van der Waals surface area contributed by atoms with Crippen molar-refractivity contribution in [2.24, 2.45) is 0 Å². The van der Waals surface area contributed by atoms with Crippen molar-refractivity contribution in [2.75, 3.05) is 0 Å². The van der Waals surface area contributed by atoms with Crippen molar-refractivity contribution in [1.29, 1.82) is 0 Å². The van der Waals surface area contributed by atoms with Crippen molar-refractivity contribution in [2.45, 2.75) is 38.6 Å². The number of nitrogens with one attached hydrogen (secondary N) is 3. The van der Waals surface area contributed by atoms with Gasteiger partial charge in [0, 0.05) is 5.54 Å². The molecule has 2 aliphatic rings. The van der Waals surface area contributed by atoms with Crippen LogP contribution in [0.5, 0.6) is 0 Å². The number of amides is 4. The highest BCUT2D eigenvalue weighted by Crippen LogP contribution is 2.23. The number of carbonyl (C=O) groups is 2. The number of fused-ring (bicyclic) bond motifs is 1. The number of hydrogen-bond acceptors (Lipinski definition) is 2. The molecule has 0 aliphatic carbocycles. The first-order valence-corrected chi connectivity index (χ1v) is 4.56. The zero-order chi connectivity index (χ0) is 10.5. The van der Waals surface area contributed by atoms with E-state index in [2.05, 4.69) is 16.0 Å². The molecule has 78 valence electrons. The average Bonchev–Trinajstić information content (AvgIpc) is 2.38. The fraction of sp³-hybridized carbons (Fsp3) is 0.750. The fourth-order valence-electron chi connectivity index (χ4n) is 1.86. The number of nitrogens with zero attached hydrogens (tertiary/aromatic N) is 1. The van der Waals surface area contributed by atoms with Crippen LogP contribution >= 0.6 is 0 Å². The van der Waals surface area contributed by atoms with Gasteiger partial charge in [0.05, 0.1) is 0 Å². The Morgan fingerprint density at radius 2 is 1.79 bits per heavy atom. The van der Waals surface area contributed by atoms with Crippen LogP contribution in [0.1, 0.15) is 20.8 Å². The third-order valence-corrected chi connectivity index (χ3v) is 2.38. The van der Waals surface area contributed by atoms with Crippen molar-refractivity contribution in [1.82, 2.24) is 20.9 Å². The maximum Gasteiger partial charge on any atom is 0.321 e. The fourth-order valence-corrected chi connectivity index (χ4v) is 1.86. The van der Waals surface area contributed by atoms with Crippen molar-refractivity contribution < 1.29 is 9.59 Å². The molecule has 0 radical (unpaired) electrons. The molecule has 2 aliphatic heterocycles. The van der Waals surface area contributed by atoms with Crippen LogP contribution < -0.4 is 16.0 Å². The van der Waals surface area contributed by atoms with Crippen molar-refractivity contribution in [3.05, 3.63) is 0 Å². The standard InChI is InChI=1S/C8H14N4O2/c1-8(2,3)12-5-4(10-7(12)14)9-6(13)11-5/h4-5H,1-3H3,(H,10,14)(H2,9,11,13). The molecule has 0 aromatic carbocycles. The van der Waals surface area contributed by atoms with Gasteiger partial charge in [0.1, 0.15) is 12.3 Å². The van der Waals surface area contributed by atoms with E-state index in [4.69, 9.17) is 0 Å². The Labute approximate surface area is 82.0 Å². The summed E-state index contributed by atoms with van der Waals surface area (Å²) in [4.78, 5) is 24.2. The molecular formula is C8H14N4O2. The first kappa shape index (κ1) is 9.11. The Bertz CT molecular complexity index is 296. The van der Waals surface area contributed by atoms with E-state index in [0.717, 1.165) is 0 Å². The summed E-state index contributed by atoms with van der Waals surface area (Å²) >= 11 is 0. The minimum atomic E-state index is -0.311. The molecule has 0 spiro atoms. The molecular weight excluding hydrogens is 184 g/mol. The molecule has 2 rings (SSSR count). The molecule has 14 heavy (non-hydrogen) atoms. The normalized spacial score (nSPS) is 30.9. The van der Waals surface area contributed by atoms with E-state index in [0.29, 0.717) is 0 Å². The van der Waals surface area contributed by atoms with Gasteiger partial charge in [0.25, 0.3) is 0 Å². The molecule has 4 amide bonds. The predicted molar refractivity (Wildman–Crippen MR) is 49.4 cm³/mol. The molecule has 0 aromatic rings. The molecule has 2 unspecified atom stereocenters. The summed E-state index contributed by atoms with van der Waals surface area (Å²) in [6, 6.07) is -0.394. The Morgan fingerprint density at radius 3 is 2.36 bits per heavy atom. The molecule has 0 saturated carbocycles. The highest BCUT2D eigenvalue weighted by Gasteiger charge is 2.49. The van der Waals surface area contributed by atoms with Crippen molar-refractivity contribution in [3.63, 3.8) is 0 Å². The molecule has 2 fully saturated rings. The van der Waals surface area contributed by atoms with E-state index in [1.165, 1.54) is 0 Å². The summed E-state index contributed by atoms with van der Waals surface area (Å²) in [7, 11) is 0. The summed E-state index contributed by atoms with van der Waals surface area (Å²) in [5.74, 6) is 0. The molecule has 0 bridgehead atoms.